The molecule has 4 aromatic rings. The number of fused-ring (bicyclic) bond motifs is 3. The monoisotopic (exact) mass is 333 g/mol. The second kappa shape index (κ2) is 5.73. The number of benzene rings is 2. The predicted octanol–water partition coefficient (Wildman–Crippen LogP) is 3.16. The number of hydrogen-bond donors (Lipinski definition) is 0. The van der Waals surface area contributed by atoms with Crippen molar-refractivity contribution in [2.75, 3.05) is 0 Å². The first-order valence-corrected chi connectivity index (χ1v) is 8.66. The maximum atomic E-state index is 12.8. The summed E-state index contributed by atoms with van der Waals surface area (Å²) in [6.07, 6.45) is 5.82. The summed E-state index contributed by atoms with van der Waals surface area (Å²) in [6, 6.07) is 14.3. The lowest BCUT2D eigenvalue weighted by atomic mass is 10.1. The van der Waals surface area contributed by atoms with Crippen LogP contribution >= 0.6 is 11.3 Å². The van der Waals surface area contributed by atoms with Crippen LogP contribution < -0.4 is 15.1 Å². The topological polar surface area (TPSA) is 35.6 Å². The van der Waals surface area contributed by atoms with Crippen LogP contribution in [0.5, 0.6) is 0 Å². The highest BCUT2D eigenvalue weighted by atomic mass is 32.1. The van der Waals surface area contributed by atoms with Gasteiger partial charge in [0.2, 0.25) is 0 Å². The van der Waals surface area contributed by atoms with Gasteiger partial charge in [-0.1, -0.05) is 48.6 Å². The summed E-state index contributed by atoms with van der Waals surface area (Å²) in [6.45, 7) is 4.12. The smallest absolute Gasteiger partial charge is 0.239 e. The van der Waals surface area contributed by atoms with Crippen LogP contribution in [-0.4, -0.2) is 4.40 Å². The molecule has 1 N–H and O–H groups in total. The first-order chi connectivity index (χ1) is 11.6. The third-order valence-electron chi connectivity index (χ3n) is 4.09. The Kier molecular flexibility index (Phi) is 3.54. The Morgan fingerprint density at radius 3 is 2.71 bits per heavy atom. The molecule has 118 valence electrons. The lowest BCUT2D eigenvalue weighted by Gasteiger charge is -1.93. The molecule has 4 heteroatoms. The van der Waals surface area contributed by atoms with E-state index in [1.807, 2.05) is 48.6 Å². The van der Waals surface area contributed by atoms with Gasteiger partial charge in [0, 0.05) is 5.56 Å². The highest BCUT2D eigenvalue weighted by molar-refractivity contribution is 7.14. The van der Waals surface area contributed by atoms with Gasteiger partial charge in [-0.2, -0.15) is 0 Å². The molecule has 4 rings (SSSR count). The van der Waals surface area contributed by atoms with Crippen molar-refractivity contribution >= 4 is 39.5 Å². The summed E-state index contributed by atoms with van der Waals surface area (Å²) in [4.78, 5) is 17.0. The number of imidazole rings is 1. The number of nitrogens with one attached hydrogen (secondary N) is 1. The molecule has 0 saturated heterocycles. The quantitative estimate of drug-likeness (QED) is 0.555. The lowest BCUT2D eigenvalue weighted by Crippen LogP contribution is -2.22. The van der Waals surface area contributed by atoms with E-state index in [0.29, 0.717) is 0 Å². The van der Waals surface area contributed by atoms with Crippen molar-refractivity contribution in [2.45, 2.75) is 13.8 Å². The van der Waals surface area contributed by atoms with Gasteiger partial charge in [-0.15, -0.1) is 4.40 Å². The van der Waals surface area contributed by atoms with Crippen LogP contribution in [0.1, 0.15) is 16.7 Å². The molecular weight excluding hydrogens is 316 g/mol. The number of aromatic nitrogens is 2. The van der Waals surface area contributed by atoms with E-state index < -0.39 is 0 Å². The Morgan fingerprint density at radius 2 is 1.92 bits per heavy atom. The third kappa shape index (κ3) is 2.45. The minimum atomic E-state index is 0.0314. The van der Waals surface area contributed by atoms with Crippen molar-refractivity contribution in [3.8, 4) is 0 Å². The standard InChI is InChI=1S/C20H16N2OS/c1-13-11-14(2)18-16(12-13)22-19(23)17(24-20(22)21-18)10-6-9-15-7-4-3-5-8-15/h3-12H,1-2H3/p+1. The van der Waals surface area contributed by atoms with Gasteiger partial charge < -0.3 is 0 Å². The van der Waals surface area contributed by atoms with Crippen molar-refractivity contribution in [1.82, 2.24) is 4.40 Å². The minimum Gasteiger partial charge on any atom is -0.239 e. The highest BCUT2D eigenvalue weighted by Crippen LogP contribution is 2.18. The molecular formula is C20H17N2OS+. The van der Waals surface area contributed by atoms with E-state index in [9.17, 15) is 4.79 Å². The fraction of sp³-hybridized carbons (Fsp3) is 0.100. The fourth-order valence-electron chi connectivity index (χ4n) is 3.00. The third-order valence-corrected chi connectivity index (χ3v) is 5.10. The summed E-state index contributed by atoms with van der Waals surface area (Å²) in [5, 5.41) is 0. The van der Waals surface area contributed by atoms with Crippen molar-refractivity contribution < 1.29 is 4.98 Å². The van der Waals surface area contributed by atoms with E-state index in [4.69, 9.17) is 0 Å². The van der Waals surface area contributed by atoms with Crippen molar-refractivity contribution in [2.24, 2.45) is 0 Å². The zero-order valence-corrected chi connectivity index (χ0v) is 14.4. The van der Waals surface area contributed by atoms with Gasteiger partial charge in [0.25, 0.3) is 0 Å². The molecule has 0 aliphatic heterocycles. The Labute approximate surface area is 143 Å². The maximum absolute atomic E-state index is 12.8. The lowest BCUT2D eigenvalue weighted by molar-refractivity contribution is -0.308. The number of aryl methyl sites for hydroxylation is 2. The molecule has 3 nitrogen and oxygen atoms in total. The van der Waals surface area contributed by atoms with E-state index in [1.165, 1.54) is 11.3 Å². The van der Waals surface area contributed by atoms with E-state index in [0.717, 1.165) is 37.2 Å². The highest BCUT2D eigenvalue weighted by Gasteiger charge is 2.20. The van der Waals surface area contributed by atoms with Gasteiger partial charge in [-0.3, -0.25) is 0 Å². The van der Waals surface area contributed by atoms with Crippen molar-refractivity contribution in [3.05, 3.63) is 80.1 Å². The van der Waals surface area contributed by atoms with Gasteiger partial charge in [0.05, 0.1) is 0 Å². The molecule has 0 saturated carbocycles. The van der Waals surface area contributed by atoms with Crippen LogP contribution in [0.3, 0.4) is 0 Å². The normalized spacial score (nSPS) is 12.8. The molecule has 0 unspecified atom stereocenters. The molecule has 0 aliphatic carbocycles. The molecule has 0 spiro atoms. The van der Waals surface area contributed by atoms with Gasteiger partial charge in [0.1, 0.15) is 4.53 Å². The molecule has 0 aliphatic rings. The number of thiazole rings is 1. The molecule has 0 fully saturated rings. The summed E-state index contributed by atoms with van der Waals surface area (Å²) >= 11 is 1.49. The van der Waals surface area contributed by atoms with Crippen LogP contribution in [0.15, 0.2) is 53.3 Å². The van der Waals surface area contributed by atoms with Crippen LogP contribution in [0.4, 0.5) is 0 Å². The van der Waals surface area contributed by atoms with Gasteiger partial charge in [0.15, 0.2) is 11.0 Å². The molecule has 0 bridgehead atoms. The number of H-pyrrole nitrogens is 1. The molecule has 0 amide bonds. The van der Waals surface area contributed by atoms with E-state index in [2.05, 4.69) is 31.0 Å². The van der Waals surface area contributed by atoms with Crippen molar-refractivity contribution in [1.29, 1.82) is 0 Å². The number of allylic oxidation sites excluding steroid dienone is 1. The second-order valence-electron chi connectivity index (χ2n) is 5.95. The maximum Gasteiger partial charge on any atom is 0.357 e. The molecule has 2 aromatic carbocycles. The molecule has 2 aromatic heterocycles. The van der Waals surface area contributed by atoms with Crippen LogP contribution in [-0.2, 0) is 0 Å². The first-order valence-electron chi connectivity index (χ1n) is 7.84. The van der Waals surface area contributed by atoms with E-state index in [1.54, 1.807) is 4.40 Å². The summed E-state index contributed by atoms with van der Waals surface area (Å²) in [7, 11) is 0. The number of hydrogen-bond acceptors (Lipinski definition) is 2. The Bertz CT molecular complexity index is 1180. The van der Waals surface area contributed by atoms with Crippen LogP contribution in [0.25, 0.3) is 28.1 Å². The largest absolute Gasteiger partial charge is 0.357 e. The number of aromatic amines is 1. The van der Waals surface area contributed by atoms with Crippen LogP contribution in [0, 0.1) is 13.8 Å². The molecule has 0 atom stereocenters. The first kappa shape index (κ1) is 14.8. The summed E-state index contributed by atoms with van der Waals surface area (Å²) < 4.78 is 2.51. The van der Waals surface area contributed by atoms with E-state index >= 15 is 0 Å². The average Bonchev–Trinajstić information content (AvgIpc) is 3.07. The SMILES string of the molecule is Cc1cc(C)c2[nH+]c3sc(=CC=Cc4ccccc4)c(=O)n3c2c1. The summed E-state index contributed by atoms with van der Waals surface area (Å²) in [5.41, 5.74) is 5.46. The minimum absolute atomic E-state index is 0.0314. The van der Waals surface area contributed by atoms with Gasteiger partial charge in [-0.05, 0) is 48.5 Å². The van der Waals surface area contributed by atoms with Crippen LogP contribution in [0.2, 0.25) is 0 Å². The van der Waals surface area contributed by atoms with Gasteiger partial charge >= 0.3 is 10.5 Å². The Balaban J connectivity index is 1.86. The zero-order chi connectivity index (χ0) is 16.7. The Morgan fingerprint density at radius 1 is 1.12 bits per heavy atom. The van der Waals surface area contributed by atoms with E-state index in [-0.39, 0.29) is 5.56 Å². The zero-order valence-electron chi connectivity index (χ0n) is 13.5. The Hall–Kier alpha value is -2.72. The molecule has 2 heterocycles. The molecule has 24 heavy (non-hydrogen) atoms. The van der Waals surface area contributed by atoms with Gasteiger partial charge in [-0.25, -0.2) is 9.78 Å². The number of nitrogens with zero attached hydrogens (tertiary/aromatic N) is 1. The number of rotatable bonds is 2. The van der Waals surface area contributed by atoms with Crippen molar-refractivity contribution in [3.63, 3.8) is 0 Å². The molecule has 0 radical (unpaired) electrons. The predicted molar refractivity (Wildman–Crippen MR) is 100 cm³/mol. The fourth-order valence-corrected chi connectivity index (χ4v) is 3.96. The average molecular weight is 333 g/mol. The second-order valence-corrected chi connectivity index (χ2v) is 6.98. The summed E-state index contributed by atoms with van der Waals surface area (Å²) in [5.74, 6) is 0.